The summed E-state index contributed by atoms with van der Waals surface area (Å²) in [4.78, 5) is 24.2. The van der Waals surface area contributed by atoms with Gasteiger partial charge >= 0.3 is 0 Å². The number of hydrogen-bond acceptors (Lipinski definition) is 3. The maximum absolute atomic E-state index is 12.0. The molecule has 19 heavy (non-hydrogen) atoms. The number of aromatic nitrogens is 3. The molecule has 0 radical (unpaired) electrons. The lowest BCUT2D eigenvalue weighted by Crippen LogP contribution is -2.21. The molecule has 0 spiro atoms. The second-order valence-corrected chi connectivity index (χ2v) is 5.80. The zero-order valence-corrected chi connectivity index (χ0v) is 11.5. The van der Waals surface area contributed by atoms with E-state index in [9.17, 15) is 4.79 Å². The van der Waals surface area contributed by atoms with Crippen LogP contribution in [0.5, 0.6) is 0 Å². The van der Waals surface area contributed by atoms with E-state index in [4.69, 9.17) is 0 Å². The third-order valence-corrected chi connectivity index (χ3v) is 4.22. The van der Waals surface area contributed by atoms with Gasteiger partial charge in [0.15, 0.2) is 0 Å². The number of thiophene rings is 1. The number of hydrogen-bond donors (Lipinski definition) is 2. The molecule has 5 heteroatoms. The van der Waals surface area contributed by atoms with Gasteiger partial charge in [-0.1, -0.05) is 6.58 Å². The number of nitrogens with one attached hydrogen (secondary N) is 2. The standard InChI is InChI=1S/C14H13N3OS/c1-7-4-10(19-8(7)2)5-11-12-6-15-9(3)16-13(12)17-14(11)18/h4-6,15H,3H2,1-2H3,(H,16,17,18). The summed E-state index contributed by atoms with van der Waals surface area (Å²) in [5.74, 6) is 0.574. The predicted molar refractivity (Wildman–Crippen MR) is 78.0 cm³/mol. The fourth-order valence-electron chi connectivity index (χ4n) is 2.01. The van der Waals surface area contributed by atoms with Gasteiger partial charge < -0.3 is 9.97 Å². The molecule has 0 saturated carbocycles. The first-order valence-corrected chi connectivity index (χ1v) is 6.71. The van der Waals surface area contributed by atoms with Crippen LogP contribution in [0.4, 0.5) is 0 Å². The Balaban J connectivity index is 2.29. The van der Waals surface area contributed by atoms with Crippen molar-refractivity contribution in [3.05, 3.63) is 48.6 Å². The minimum atomic E-state index is -0.120. The summed E-state index contributed by atoms with van der Waals surface area (Å²) in [6.07, 6.45) is 3.67. The van der Waals surface area contributed by atoms with E-state index >= 15 is 0 Å². The van der Waals surface area contributed by atoms with Gasteiger partial charge in [0.05, 0.1) is 5.22 Å². The molecule has 3 heterocycles. The Hall–Kier alpha value is -2.14. The van der Waals surface area contributed by atoms with E-state index in [2.05, 4.69) is 41.4 Å². The summed E-state index contributed by atoms with van der Waals surface area (Å²) in [7, 11) is 0. The highest BCUT2D eigenvalue weighted by atomic mass is 32.1. The maximum atomic E-state index is 12.0. The first-order valence-electron chi connectivity index (χ1n) is 5.90. The molecule has 0 amide bonds. The van der Waals surface area contributed by atoms with Crippen molar-refractivity contribution < 1.29 is 0 Å². The molecule has 0 bridgehead atoms. The lowest BCUT2D eigenvalue weighted by Gasteiger charge is -1.94. The maximum Gasteiger partial charge on any atom is 0.257 e. The Bertz CT molecular complexity index is 865. The van der Waals surface area contributed by atoms with Gasteiger partial charge in [0.25, 0.3) is 5.56 Å². The number of fused-ring (bicyclic) bond motifs is 1. The summed E-state index contributed by atoms with van der Waals surface area (Å²) in [5, 5.41) is 0.639. The molecule has 1 aromatic rings. The molecule has 0 atom stereocenters. The number of aryl methyl sites for hydroxylation is 2. The van der Waals surface area contributed by atoms with Gasteiger partial charge in [0, 0.05) is 21.5 Å². The molecule has 2 aliphatic rings. The molecule has 4 nitrogen and oxygen atoms in total. The summed E-state index contributed by atoms with van der Waals surface area (Å²) in [6, 6.07) is 2.09. The van der Waals surface area contributed by atoms with Crippen LogP contribution in [-0.4, -0.2) is 15.0 Å². The zero-order valence-electron chi connectivity index (χ0n) is 10.7. The minimum absolute atomic E-state index is 0.120. The van der Waals surface area contributed by atoms with Gasteiger partial charge in [0.2, 0.25) is 0 Å². The van der Waals surface area contributed by atoms with Crippen LogP contribution in [0.25, 0.3) is 24.0 Å². The monoisotopic (exact) mass is 271 g/mol. The minimum Gasteiger partial charge on any atom is -0.346 e. The molecule has 0 fully saturated rings. The van der Waals surface area contributed by atoms with Crippen molar-refractivity contribution in [1.82, 2.24) is 15.0 Å². The normalized spacial score (nSPS) is 12.4. The fourth-order valence-corrected chi connectivity index (χ4v) is 2.99. The largest absolute Gasteiger partial charge is 0.346 e. The van der Waals surface area contributed by atoms with Crippen LogP contribution in [-0.2, 0) is 0 Å². The van der Waals surface area contributed by atoms with Crippen LogP contribution in [0.2, 0.25) is 0 Å². The summed E-state index contributed by atoms with van der Waals surface area (Å²) < 4.78 is 0. The van der Waals surface area contributed by atoms with Crippen LogP contribution in [0.3, 0.4) is 0 Å². The average Bonchev–Trinajstić information content (AvgIpc) is 2.81. The zero-order chi connectivity index (χ0) is 13.6. The first-order chi connectivity index (χ1) is 9.04. The van der Waals surface area contributed by atoms with Crippen LogP contribution in [0, 0.1) is 13.8 Å². The molecular formula is C14H13N3OS. The Morgan fingerprint density at radius 3 is 2.89 bits per heavy atom. The molecule has 0 aromatic carbocycles. The molecule has 2 aliphatic heterocycles. The van der Waals surface area contributed by atoms with Gasteiger partial charge in [-0.2, -0.15) is 0 Å². The van der Waals surface area contributed by atoms with Gasteiger partial charge in [0.1, 0.15) is 11.3 Å². The summed E-state index contributed by atoms with van der Waals surface area (Å²) >= 11 is 1.68. The molecule has 0 saturated heterocycles. The third kappa shape index (κ3) is 2.02. The van der Waals surface area contributed by atoms with Gasteiger partial charge in [-0.05, 0) is 31.6 Å². The highest BCUT2D eigenvalue weighted by molar-refractivity contribution is 7.13. The van der Waals surface area contributed by atoms with Crippen molar-refractivity contribution in [2.45, 2.75) is 13.8 Å². The first kappa shape index (κ1) is 11.9. The van der Waals surface area contributed by atoms with Crippen molar-refractivity contribution in [2.75, 3.05) is 0 Å². The van der Waals surface area contributed by atoms with Gasteiger partial charge in [-0.25, -0.2) is 4.98 Å². The number of rotatable bonds is 1. The third-order valence-electron chi connectivity index (χ3n) is 3.12. The Morgan fingerprint density at radius 2 is 2.21 bits per heavy atom. The molecule has 3 rings (SSSR count). The Morgan fingerprint density at radius 1 is 1.42 bits per heavy atom. The van der Waals surface area contributed by atoms with Crippen molar-refractivity contribution in [3.8, 4) is 11.4 Å². The number of nitrogens with zero attached hydrogens (tertiary/aromatic N) is 1. The van der Waals surface area contributed by atoms with Gasteiger partial charge in [-0.15, -0.1) is 11.3 Å². The summed E-state index contributed by atoms with van der Waals surface area (Å²) in [6.45, 7) is 7.86. The van der Waals surface area contributed by atoms with Crippen molar-refractivity contribution in [2.24, 2.45) is 0 Å². The molecule has 0 unspecified atom stereocenters. The van der Waals surface area contributed by atoms with E-state index in [0.29, 0.717) is 16.5 Å². The van der Waals surface area contributed by atoms with E-state index in [1.165, 1.54) is 10.4 Å². The number of H-pyrrole nitrogens is 2. The lowest BCUT2D eigenvalue weighted by atomic mass is 10.2. The van der Waals surface area contributed by atoms with Gasteiger partial charge in [-0.3, -0.25) is 4.79 Å². The van der Waals surface area contributed by atoms with E-state index in [1.54, 1.807) is 17.5 Å². The fraction of sp³-hybridized carbons (Fsp3) is 0.143. The second-order valence-electron chi connectivity index (χ2n) is 4.51. The molecule has 96 valence electrons. The molecule has 2 N–H and O–H groups in total. The second kappa shape index (κ2) is 4.20. The Kier molecular flexibility index (Phi) is 2.64. The van der Waals surface area contributed by atoms with E-state index in [-0.39, 0.29) is 5.56 Å². The Labute approximate surface area is 113 Å². The highest BCUT2D eigenvalue weighted by Gasteiger charge is 2.11. The molecular weight excluding hydrogens is 258 g/mol. The molecule has 0 aliphatic carbocycles. The van der Waals surface area contributed by atoms with Crippen LogP contribution in [0.15, 0.2) is 17.1 Å². The van der Waals surface area contributed by atoms with Crippen LogP contribution < -0.4 is 16.3 Å². The summed E-state index contributed by atoms with van der Waals surface area (Å²) in [5.41, 5.74) is 2.45. The average molecular weight is 271 g/mol. The highest BCUT2D eigenvalue weighted by Crippen LogP contribution is 2.21. The van der Waals surface area contributed by atoms with Crippen LogP contribution in [0.1, 0.15) is 15.3 Å². The SMILES string of the molecule is C=c1nc2[nH]c(=O)c(=Cc3cc(C)c(C)s3)c-2c[nH]1. The number of aromatic amines is 2. The quantitative estimate of drug-likeness (QED) is 0.697. The van der Waals surface area contributed by atoms with Crippen molar-refractivity contribution >= 4 is 24.0 Å². The van der Waals surface area contributed by atoms with E-state index in [1.807, 2.05) is 6.08 Å². The topological polar surface area (TPSA) is 61.5 Å². The van der Waals surface area contributed by atoms with Crippen molar-refractivity contribution in [3.63, 3.8) is 0 Å². The smallest absolute Gasteiger partial charge is 0.257 e. The predicted octanol–water partition coefficient (Wildman–Crippen LogP) is 1.12. The van der Waals surface area contributed by atoms with E-state index < -0.39 is 0 Å². The van der Waals surface area contributed by atoms with E-state index in [0.717, 1.165) is 10.4 Å². The van der Waals surface area contributed by atoms with Crippen molar-refractivity contribution in [1.29, 1.82) is 0 Å². The van der Waals surface area contributed by atoms with Crippen LogP contribution >= 0.6 is 11.3 Å². The lowest BCUT2D eigenvalue weighted by molar-refractivity contribution is 1.07. The molecule has 1 aromatic heterocycles.